The van der Waals surface area contributed by atoms with E-state index in [-0.39, 0.29) is 23.0 Å². The van der Waals surface area contributed by atoms with Gasteiger partial charge in [-0.3, -0.25) is 0 Å². The zero-order valence-corrected chi connectivity index (χ0v) is 59.1. The highest BCUT2D eigenvalue weighted by atomic mass is 32.1. The second kappa shape index (κ2) is 22.7. The van der Waals surface area contributed by atoms with Gasteiger partial charge in [-0.25, -0.2) is 0 Å². The monoisotopic (exact) mass is 1290 g/mol. The van der Waals surface area contributed by atoms with Crippen molar-refractivity contribution in [3.8, 4) is 22.5 Å². The zero-order chi connectivity index (χ0) is 67.1. The van der Waals surface area contributed by atoms with Gasteiger partial charge in [0.25, 0.3) is 6.71 Å². The lowest BCUT2D eigenvalue weighted by Gasteiger charge is -2.54. The SMILES string of the molecule is CC(C)(C)c1ccc(N(c2ccc3c(c2)N(c2c(-c4ccccc4)oc4ccccc24)c2cc([Si](c4cccc(C(F)(F)F)c4)(C(C)(C)C)C(C)(C)C)cc4c2B3c2sc3ccc(C(C)(C)C)cc3c2N4c2ccc(C(C)(C)C)cc2)c2ccccc2-c2ccccc2)cc1. The van der Waals surface area contributed by atoms with Crippen molar-refractivity contribution < 1.29 is 17.6 Å². The number of anilines is 9. The van der Waals surface area contributed by atoms with Gasteiger partial charge in [-0.2, -0.15) is 13.2 Å². The summed E-state index contributed by atoms with van der Waals surface area (Å²) < 4.78 is 56.4. The highest BCUT2D eigenvalue weighted by Crippen LogP contribution is 2.56. The van der Waals surface area contributed by atoms with Crippen molar-refractivity contribution in [3.05, 3.63) is 253 Å². The van der Waals surface area contributed by atoms with Crippen LogP contribution >= 0.6 is 11.3 Å². The van der Waals surface area contributed by atoms with Crippen LogP contribution in [0.3, 0.4) is 0 Å². The van der Waals surface area contributed by atoms with Crippen LogP contribution in [0.25, 0.3) is 43.5 Å². The quantitative estimate of drug-likeness (QED) is 0.134. The van der Waals surface area contributed by atoms with Gasteiger partial charge in [0, 0.05) is 65.5 Å². The van der Waals surface area contributed by atoms with Crippen LogP contribution in [0.2, 0.25) is 10.1 Å². The first kappa shape index (κ1) is 63.6. The molecule has 0 bridgehead atoms. The Morgan fingerprint density at radius 3 is 1.61 bits per heavy atom. The minimum Gasteiger partial charge on any atom is -0.454 e. The van der Waals surface area contributed by atoms with Gasteiger partial charge in [-0.1, -0.05) is 261 Å². The molecular weight excluding hydrogens is 1210 g/mol. The molecule has 0 amide bonds. The second-order valence-corrected chi connectivity index (χ2v) is 38.1. The van der Waals surface area contributed by atoms with Gasteiger partial charge in [0.2, 0.25) is 0 Å². The Morgan fingerprint density at radius 1 is 0.432 bits per heavy atom. The molecule has 4 nitrogen and oxygen atoms in total. The number of alkyl halides is 3. The average molecular weight is 1290 g/mol. The molecule has 2 aromatic heterocycles. The fourth-order valence-electron chi connectivity index (χ4n) is 16.0. The summed E-state index contributed by atoms with van der Waals surface area (Å²) in [4.78, 5) is 7.46. The number of para-hydroxylation sites is 2. The van der Waals surface area contributed by atoms with E-state index >= 15 is 13.2 Å². The Morgan fingerprint density at radius 2 is 0.989 bits per heavy atom. The topological polar surface area (TPSA) is 22.9 Å². The molecule has 2 aliphatic heterocycles. The lowest BCUT2D eigenvalue weighted by Crippen LogP contribution is -2.70. The molecule has 12 aromatic rings. The maximum absolute atomic E-state index is 15.6. The van der Waals surface area contributed by atoms with Crippen molar-refractivity contribution in [1.82, 2.24) is 0 Å². The van der Waals surface area contributed by atoms with Crippen molar-refractivity contribution >= 4 is 124 Å². The largest absolute Gasteiger partial charge is 0.454 e. The molecule has 2 aliphatic rings. The molecule has 0 spiro atoms. The van der Waals surface area contributed by atoms with E-state index in [0.717, 1.165) is 106 Å². The first-order chi connectivity index (χ1) is 44.9. The maximum atomic E-state index is 15.6. The summed E-state index contributed by atoms with van der Waals surface area (Å²) in [6, 6.07) is 81.8. The van der Waals surface area contributed by atoms with Gasteiger partial charge in [0.1, 0.15) is 19.3 Å². The van der Waals surface area contributed by atoms with E-state index in [2.05, 4.69) is 313 Å². The van der Waals surface area contributed by atoms with Gasteiger partial charge in [-0.05, 0) is 144 Å². The Balaban J connectivity index is 1.19. The summed E-state index contributed by atoms with van der Waals surface area (Å²) in [5.41, 5.74) is 17.7. The van der Waals surface area contributed by atoms with E-state index < -0.39 is 29.9 Å². The molecule has 4 heterocycles. The van der Waals surface area contributed by atoms with Crippen LogP contribution in [-0.4, -0.2) is 14.8 Å². The highest BCUT2D eigenvalue weighted by molar-refractivity contribution is 7.33. The Labute approximate surface area is 564 Å². The first-order valence-electron chi connectivity index (χ1n) is 33.3. The van der Waals surface area contributed by atoms with Crippen LogP contribution in [-0.2, 0) is 22.4 Å². The van der Waals surface area contributed by atoms with Gasteiger partial charge in [0.05, 0.1) is 16.9 Å². The van der Waals surface area contributed by atoms with E-state index in [1.807, 2.05) is 29.5 Å². The van der Waals surface area contributed by atoms with Gasteiger partial charge < -0.3 is 19.1 Å². The summed E-state index contributed by atoms with van der Waals surface area (Å²) in [7, 11) is -3.59. The molecule has 0 fully saturated rings. The third kappa shape index (κ3) is 10.7. The van der Waals surface area contributed by atoms with Crippen LogP contribution in [0.4, 0.5) is 64.4 Å². The van der Waals surface area contributed by atoms with E-state index in [9.17, 15) is 0 Å². The third-order valence-electron chi connectivity index (χ3n) is 20.1. The molecule has 478 valence electrons. The zero-order valence-electron chi connectivity index (χ0n) is 57.3. The number of benzene rings is 10. The lowest BCUT2D eigenvalue weighted by atomic mass is 9.36. The Kier molecular flexibility index (Phi) is 15.2. The van der Waals surface area contributed by atoms with E-state index in [4.69, 9.17) is 4.42 Å². The number of thiophene rings is 1. The molecule has 0 radical (unpaired) electrons. The third-order valence-corrected chi connectivity index (χ3v) is 28.2. The molecule has 0 saturated carbocycles. The van der Waals surface area contributed by atoms with Gasteiger partial charge in [-0.15, -0.1) is 11.3 Å². The molecular formula is C85H83BF3N3OSSi. The summed E-state index contributed by atoms with van der Waals surface area (Å²) in [6.07, 6.45) is -4.57. The van der Waals surface area contributed by atoms with Crippen LogP contribution in [0.1, 0.15) is 126 Å². The molecule has 0 N–H and O–H groups in total. The molecule has 14 rings (SSSR count). The molecule has 10 heteroatoms. The number of halogens is 3. The normalized spacial score (nSPS) is 13.7. The number of hydrogen-bond donors (Lipinski definition) is 0. The fourth-order valence-corrected chi connectivity index (χ4v) is 24.7. The van der Waals surface area contributed by atoms with E-state index in [0.29, 0.717) is 5.76 Å². The molecule has 0 atom stereocenters. The van der Waals surface area contributed by atoms with Gasteiger partial charge >= 0.3 is 6.18 Å². The van der Waals surface area contributed by atoms with E-state index in [1.165, 1.54) is 38.3 Å². The van der Waals surface area contributed by atoms with Crippen LogP contribution in [0.5, 0.6) is 0 Å². The predicted molar refractivity (Wildman–Crippen MR) is 403 cm³/mol. The van der Waals surface area contributed by atoms with Crippen LogP contribution in [0.15, 0.2) is 235 Å². The average Bonchev–Trinajstić information content (AvgIpc) is 1.64. The van der Waals surface area contributed by atoms with Crippen molar-refractivity contribution in [2.45, 2.75) is 136 Å². The minimum atomic E-state index is -4.57. The van der Waals surface area contributed by atoms with Crippen molar-refractivity contribution in [1.29, 1.82) is 0 Å². The molecule has 0 unspecified atom stereocenters. The standard InChI is InChI=1S/C85H83BF3N3OSSi/c1-80(2,3)56-37-42-60(43-38-56)90(69-35-24-22-33-65(69)54-27-18-16-19-28-54)62-46-47-68-70(51-62)92(76-66-34-23-25-36-73(66)93-78(76)55-29-20-17-21-30-55)72-53-64(95(83(10,11)12,84(13,14)15)63-32-26-31-59(49-63)85(87,88)89)52-71-75(72)86(68)79-77(67-50-58(82(7,8)9)41-48-74(67)94-79)91(71)61-44-39-57(40-45-61)81(4,5)6/h16-53H,1-15H3. The Hall–Kier alpha value is -8.83. The molecule has 10 aromatic carbocycles. The number of furan rings is 1. The smallest absolute Gasteiger partial charge is 0.416 e. The fraction of sp³-hybridized carbons (Fsp3) is 0.247. The minimum absolute atomic E-state index is 0.0840. The lowest BCUT2D eigenvalue weighted by molar-refractivity contribution is -0.137. The maximum Gasteiger partial charge on any atom is 0.416 e. The van der Waals surface area contributed by atoms with Crippen LogP contribution < -0.4 is 40.8 Å². The summed E-state index contributed by atoms with van der Waals surface area (Å²) in [6.45, 7) is 33.7. The van der Waals surface area contributed by atoms with Crippen LogP contribution in [0, 0.1) is 0 Å². The van der Waals surface area contributed by atoms with E-state index in [1.54, 1.807) is 6.07 Å². The first-order valence-corrected chi connectivity index (χ1v) is 36.1. The highest BCUT2D eigenvalue weighted by Gasteiger charge is 2.58. The van der Waals surface area contributed by atoms with Crippen molar-refractivity contribution in [2.75, 3.05) is 14.7 Å². The molecule has 0 saturated heterocycles. The molecule has 95 heavy (non-hydrogen) atoms. The summed E-state index contributed by atoms with van der Waals surface area (Å²) in [5, 5.41) is 2.73. The van der Waals surface area contributed by atoms with Gasteiger partial charge in [0.15, 0.2) is 5.76 Å². The molecule has 0 aliphatic carbocycles. The number of nitrogens with zero attached hydrogens (tertiary/aromatic N) is 3. The second-order valence-electron chi connectivity index (χ2n) is 31.3. The summed E-state index contributed by atoms with van der Waals surface area (Å²) >= 11 is 1.87. The number of hydrogen-bond acceptors (Lipinski definition) is 5. The Bertz CT molecular complexity index is 4910. The number of rotatable bonds is 9. The predicted octanol–water partition coefficient (Wildman–Crippen LogP) is 22.6. The summed E-state index contributed by atoms with van der Waals surface area (Å²) in [5.74, 6) is 0.709. The van der Waals surface area contributed by atoms with Crippen molar-refractivity contribution in [2.24, 2.45) is 0 Å². The number of fused-ring (bicyclic) bond motifs is 7. The van der Waals surface area contributed by atoms with Crippen molar-refractivity contribution in [3.63, 3.8) is 0 Å².